The zero-order valence-corrected chi connectivity index (χ0v) is 20.9. The number of para-hydroxylation sites is 4. The van der Waals surface area contributed by atoms with Crippen LogP contribution in [-0.4, -0.2) is 58.8 Å². The largest absolute Gasteiger partial charge is 0.487 e. The van der Waals surface area contributed by atoms with E-state index >= 15 is 0 Å². The maximum atomic E-state index is 12.3. The van der Waals surface area contributed by atoms with Crippen molar-refractivity contribution in [2.45, 2.75) is 12.5 Å². The van der Waals surface area contributed by atoms with Gasteiger partial charge in [0.25, 0.3) is 0 Å². The minimum absolute atomic E-state index is 0.0380. The second-order valence-electron chi connectivity index (χ2n) is 8.23. The van der Waals surface area contributed by atoms with Gasteiger partial charge in [-0.05, 0) is 36.8 Å². The van der Waals surface area contributed by atoms with Gasteiger partial charge in [-0.2, -0.15) is 0 Å². The van der Waals surface area contributed by atoms with Crippen molar-refractivity contribution in [3.63, 3.8) is 0 Å². The molecule has 3 aromatic carbocycles. The molecule has 0 saturated heterocycles. The fraction of sp³-hybridized carbons (Fsp3) is 0.345. The number of carbonyl (C=O) groups excluding carboxylic acids is 1. The molecule has 196 valence electrons. The molecular weight excluding hydrogens is 476 g/mol. The van der Waals surface area contributed by atoms with Crippen molar-refractivity contribution < 1.29 is 38.0 Å². The zero-order valence-electron chi connectivity index (χ0n) is 20.9. The van der Waals surface area contributed by atoms with Crippen LogP contribution in [-0.2, 0) is 24.6 Å². The van der Waals surface area contributed by atoms with E-state index < -0.39 is 11.6 Å². The molecule has 0 radical (unpaired) electrons. The molecule has 1 aliphatic heterocycles. The van der Waals surface area contributed by atoms with Gasteiger partial charge in [-0.15, -0.1) is 0 Å². The van der Waals surface area contributed by atoms with Gasteiger partial charge < -0.3 is 33.2 Å². The summed E-state index contributed by atoms with van der Waals surface area (Å²) < 4.78 is 41.4. The van der Waals surface area contributed by atoms with Gasteiger partial charge in [0, 0.05) is 0 Å². The third-order valence-corrected chi connectivity index (χ3v) is 5.66. The highest BCUT2D eigenvalue weighted by atomic mass is 16.6. The van der Waals surface area contributed by atoms with Crippen LogP contribution in [0.5, 0.6) is 23.0 Å². The van der Waals surface area contributed by atoms with Gasteiger partial charge in [0.2, 0.25) is 0 Å². The van der Waals surface area contributed by atoms with Crippen molar-refractivity contribution >= 4 is 5.97 Å². The summed E-state index contributed by atoms with van der Waals surface area (Å²) in [5.41, 5.74) is -0.375. The van der Waals surface area contributed by atoms with E-state index in [2.05, 4.69) is 0 Å². The van der Waals surface area contributed by atoms with E-state index in [1.807, 2.05) is 78.9 Å². The summed E-state index contributed by atoms with van der Waals surface area (Å²) in [6, 6.07) is 24.3. The molecule has 4 rings (SSSR count). The van der Waals surface area contributed by atoms with E-state index in [1.165, 1.54) is 0 Å². The van der Waals surface area contributed by atoms with Crippen molar-refractivity contribution in [2.75, 3.05) is 52.9 Å². The number of hydrogen-bond donors (Lipinski definition) is 0. The zero-order chi connectivity index (χ0) is 25.8. The molecule has 0 aliphatic carbocycles. The molecule has 8 nitrogen and oxygen atoms in total. The van der Waals surface area contributed by atoms with Gasteiger partial charge in [0.1, 0.15) is 33.0 Å². The lowest BCUT2D eigenvalue weighted by molar-refractivity contribution is -0.162. The highest BCUT2D eigenvalue weighted by Crippen LogP contribution is 2.34. The van der Waals surface area contributed by atoms with Crippen LogP contribution in [0.15, 0.2) is 78.9 Å². The second-order valence-corrected chi connectivity index (χ2v) is 8.23. The minimum atomic E-state index is -1.16. The minimum Gasteiger partial charge on any atom is -0.487 e. The lowest BCUT2D eigenvalue weighted by Crippen LogP contribution is -2.43. The highest BCUT2D eigenvalue weighted by molar-refractivity contribution is 5.70. The summed E-state index contributed by atoms with van der Waals surface area (Å²) in [6.45, 7) is 3.30. The number of benzene rings is 3. The summed E-state index contributed by atoms with van der Waals surface area (Å²) >= 11 is 0. The first-order valence-electron chi connectivity index (χ1n) is 12.3. The molecule has 8 heteroatoms. The van der Waals surface area contributed by atoms with Crippen LogP contribution in [0.2, 0.25) is 0 Å². The standard InChI is InChI=1S/C29H32O8/c1-2-32-28(30)20-37-29(23-10-4-3-5-11-23)21-35-26-14-8-6-12-24(26)33-18-16-31-17-19-34-25-13-7-9-15-27(25)36-22-29/h3-15H,2,16-22H2,1H3. The Hall–Kier alpha value is -3.75. The average Bonchev–Trinajstić information content (AvgIpc) is 2.93. The third-order valence-electron chi connectivity index (χ3n) is 5.66. The van der Waals surface area contributed by atoms with Crippen LogP contribution in [0.1, 0.15) is 12.5 Å². The highest BCUT2D eigenvalue weighted by Gasteiger charge is 2.37. The van der Waals surface area contributed by atoms with Crippen LogP contribution >= 0.6 is 0 Å². The Morgan fingerprint density at radius 3 is 1.70 bits per heavy atom. The van der Waals surface area contributed by atoms with E-state index in [9.17, 15) is 4.79 Å². The smallest absolute Gasteiger partial charge is 0.332 e. The second kappa shape index (κ2) is 13.5. The molecule has 0 atom stereocenters. The Bertz CT molecular complexity index is 1060. The van der Waals surface area contributed by atoms with Crippen molar-refractivity contribution in [2.24, 2.45) is 0 Å². The van der Waals surface area contributed by atoms with Crippen molar-refractivity contribution in [3.8, 4) is 23.0 Å². The first kappa shape index (κ1) is 26.3. The summed E-state index contributed by atoms with van der Waals surface area (Å²) in [5, 5.41) is 0. The number of hydrogen-bond acceptors (Lipinski definition) is 8. The molecule has 1 heterocycles. The summed E-state index contributed by atoms with van der Waals surface area (Å²) in [4.78, 5) is 12.3. The summed E-state index contributed by atoms with van der Waals surface area (Å²) in [7, 11) is 0. The quantitative estimate of drug-likeness (QED) is 0.469. The first-order chi connectivity index (χ1) is 18.2. The number of ether oxygens (including phenoxy) is 7. The maximum Gasteiger partial charge on any atom is 0.332 e. The normalized spacial score (nSPS) is 15.9. The van der Waals surface area contributed by atoms with Gasteiger partial charge in [-0.1, -0.05) is 54.6 Å². The molecule has 0 unspecified atom stereocenters. The lowest BCUT2D eigenvalue weighted by Gasteiger charge is -2.34. The topological polar surface area (TPSA) is 81.7 Å². The molecule has 0 amide bonds. The maximum absolute atomic E-state index is 12.3. The van der Waals surface area contributed by atoms with E-state index in [4.69, 9.17) is 33.2 Å². The molecule has 1 aliphatic rings. The molecule has 37 heavy (non-hydrogen) atoms. The van der Waals surface area contributed by atoms with E-state index in [1.54, 1.807) is 6.92 Å². The van der Waals surface area contributed by atoms with E-state index in [0.717, 1.165) is 5.56 Å². The SMILES string of the molecule is CCOC(=O)COC1(c2ccccc2)COc2ccccc2OCCOCCOc2ccccc2OC1. The number of esters is 1. The van der Waals surface area contributed by atoms with Crippen molar-refractivity contribution in [3.05, 3.63) is 84.4 Å². The third kappa shape index (κ3) is 7.38. The van der Waals surface area contributed by atoms with Crippen LogP contribution in [0, 0.1) is 0 Å². The first-order valence-corrected chi connectivity index (χ1v) is 12.3. The fourth-order valence-electron chi connectivity index (χ4n) is 3.81. The number of fused-ring (bicyclic) bond motifs is 2. The molecule has 3 aromatic rings. The number of carbonyl (C=O) groups is 1. The van der Waals surface area contributed by atoms with Crippen LogP contribution in [0.3, 0.4) is 0 Å². The summed E-state index contributed by atoms with van der Waals surface area (Å²) in [6.07, 6.45) is 0. The molecule has 0 saturated carbocycles. The van der Waals surface area contributed by atoms with Gasteiger partial charge >= 0.3 is 5.97 Å². The number of rotatable bonds is 5. The molecule has 0 aromatic heterocycles. The van der Waals surface area contributed by atoms with Gasteiger partial charge in [0.05, 0.1) is 19.8 Å². The monoisotopic (exact) mass is 508 g/mol. The van der Waals surface area contributed by atoms with Crippen molar-refractivity contribution in [1.29, 1.82) is 0 Å². The van der Waals surface area contributed by atoms with E-state index in [0.29, 0.717) is 49.4 Å². The Kier molecular flexibility index (Phi) is 9.62. The van der Waals surface area contributed by atoms with Gasteiger partial charge in [0.15, 0.2) is 28.6 Å². The fourth-order valence-corrected chi connectivity index (χ4v) is 3.81. The molecule has 0 N–H and O–H groups in total. The molecule has 0 spiro atoms. The van der Waals surface area contributed by atoms with E-state index in [-0.39, 0.29) is 26.4 Å². The Balaban J connectivity index is 1.70. The van der Waals surface area contributed by atoms with Gasteiger partial charge in [-0.25, -0.2) is 4.79 Å². The Morgan fingerprint density at radius 2 is 1.19 bits per heavy atom. The summed E-state index contributed by atoms with van der Waals surface area (Å²) in [5.74, 6) is 1.76. The van der Waals surface area contributed by atoms with Crippen LogP contribution < -0.4 is 18.9 Å². The molecule has 0 bridgehead atoms. The predicted molar refractivity (Wildman–Crippen MR) is 136 cm³/mol. The predicted octanol–water partition coefficient (Wildman–Crippen LogP) is 4.41. The van der Waals surface area contributed by atoms with Crippen molar-refractivity contribution in [1.82, 2.24) is 0 Å². The lowest BCUT2D eigenvalue weighted by atomic mass is 9.95. The van der Waals surface area contributed by atoms with Crippen LogP contribution in [0.25, 0.3) is 0 Å². The molecule has 0 fully saturated rings. The molecular formula is C29H32O8. The van der Waals surface area contributed by atoms with Gasteiger partial charge in [-0.3, -0.25) is 0 Å². The Labute approximate surface area is 217 Å². The average molecular weight is 509 g/mol. The Morgan fingerprint density at radius 1 is 0.703 bits per heavy atom. The van der Waals surface area contributed by atoms with Crippen LogP contribution in [0.4, 0.5) is 0 Å².